The van der Waals surface area contributed by atoms with Crippen molar-refractivity contribution in [1.82, 2.24) is 10.3 Å². The second-order valence-electron chi connectivity index (χ2n) is 10.2. The molecule has 0 radical (unpaired) electrons. The van der Waals surface area contributed by atoms with Gasteiger partial charge in [0.05, 0.1) is 18.7 Å². The zero-order valence-corrected chi connectivity index (χ0v) is 20.9. The van der Waals surface area contributed by atoms with Crippen LogP contribution in [0.15, 0.2) is 23.5 Å². The minimum atomic E-state index is -1.42. The first kappa shape index (κ1) is 26.0. The molecule has 2 atom stereocenters. The summed E-state index contributed by atoms with van der Waals surface area (Å²) in [5.74, 6) is -2.15. The van der Waals surface area contributed by atoms with E-state index in [0.717, 1.165) is 49.7 Å². The van der Waals surface area contributed by atoms with Gasteiger partial charge in [0.15, 0.2) is 5.78 Å². The van der Waals surface area contributed by atoms with E-state index in [-0.39, 0.29) is 18.9 Å². The monoisotopic (exact) mass is 499 g/mol. The first-order valence-corrected chi connectivity index (χ1v) is 12.8. The third-order valence-corrected chi connectivity index (χ3v) is 7.44. The molecule has 194 valence electrons. The van der Waals surface area contributed by atoms with Gasteiger partial charge in [-0.05, 0) is 43.2 Å². The number of amides is 1. The summed E-state index contributed by atoms with van der Waals surface area (Å²) in [4.78, 5) is 48.4. The number of alkyl halides is 1. The van der Waals surface area contributed by atoms with Crippen LogP contribution in [-0.2, 0) is 30.4 Å². The van der Waals surface area contributed by atoms with Crippen molar-refractivity contribution in [3.63, 3.8) is 0 Å². The third kappa shape index (κ3) is 5.50. The number of carbonyl (C=O) groups excluding carboxylic acids is 3. The molecule has 1 aliphatic heterocycles. The van der Waals surface area contributed by atoms with Crippen molar-refractivity contribution >= 4 is 29.4 Å². The molecule has 1 aromatic heterocycles. The predicted molar refractivity (Wildman–Crippen MR) is 132 cm³/mol. The summed E-state index contributed by atoms with van der Waals surface area (Å²) in [5, 5.41) is 6.79. The number of nitrogens with one attached hydrogen (secondary N) is 1. The number of ether oxygens (including phenoxy) is 1. The first-order valence-electron chi connectivity index (χ1n) is 12.8. The average Bonchev–Trinajstić information content (AvgIpc) is 3.57. The van der Waals surface area contributed by atoms with Gasteiger partial charge < -0.3 is 14.9 Å². The number of Topliss-reactive ketones (excluding diaryl/α,β-unsaturated/α-hetero) is 1. The number of oxime groups is 1. The molecular weight excluding hydrogens is 465 g/mol. The summed E-state index contributed by atoms with van der Waals surface area (Å²) in [6.45, 7) is 2.61. The van der Waals surface area contributed by atoms with E-state index in [9.17, 15) is 18.8 Å². The lowest BCUT2D eigenvalue weighted by Crippen LogP contribution is -2.55. The van der Waals surface area contributed by atoms with Crippen molar-refractivity contribution in [3.05, 3.63) is 35.2 Å². The van der Waals surface area contributed by atoms with E-state index in [1.165, 1.54) is 0 Å². The van der Waals surface area contributed by atoms with Gasteiger partial charge in [-0.2, -0.15) is 0 Å². The Morgan fingerprint density at radius 1 is 1.28 bits per heavy atom. The number of allylic oxidation sites excluding steroid dienone is 1. The number of hydrogen-bond acceptors (Lipinski definition) is 7. The van der Waals surface area contributed by atoms with Gasteiger partial charge >= 0.3 is 5.97 Å². The van der Waals surface area contributed by atoms with Crippen molar-refractivity contribution in [2.45, 2.75) is 76.9 Å². The van der Waals surface area contributed by atoms with Gasteiger partial charge in [0.25, 0.3) is 5.91 Å². The van der Waals surface area contributed by atoms with Crippen molar-refractivity contribution in [2.75, 3.05) is 13.3 Å². The fourth-order valence-corrected chi connectivity index (χ4v) is 5.09. The number of ketones is 1. The summed E-state index contributed by atoms with van der Waals surface area (Å²) < 4.78 is 18.6. The summed E-state index contributed by atoms with van der Waals surface area (Å²) in [6.07, 6.45) is 11.6. The highest BCUT2D eigenvalue weighted by Gasteiger charge is 2.51. The molecule has 8 nitrogen and oxygen atoms in total. The average molecular weight is 500 g/mol. The van der Waals surface area contributed by atoms with Gasteiger partial charge in [-0.15, -0.1) is 0 Å². The predicted octanol–water partition coefficient (Wildman–Crippen LogP) is 3.71. The molecule has 1 fully saturated rings. The van der Waals surface area contributed by atoms with E-state index in [4.69, 9.17) is 9.57 Å². The highest BCUT2D eigenvalue weighted by Crippen LogP contribution is 2.35. The fourth-order valence-electron chi connectivity index (χ4n) is 5.09. The van der Waals surface area contributed by atoms with Crippen molar-refractivity contribution < 1.29 is 28.3 Å². The Kier molecular flexibility index (Phi) is 8.16. The number of carbonyl (C=O) groups is 3. The molecule has 36 heavy (non-hydrogen) atoms. The molecule has 1 amide bonds. The molecule has 3 aliphatic rings. The molecular formula is C27H34FN3O5. The Labute approximate surface area is 210 Å². The number of halogens is 1. The second kappa shape index (κ2) is 11.3. The molecule has 0 bridgehead atoms. The van der Waals surface area contributed by atoms with Gasteiger partial charge in [-0.1, -0.05) is 44.0 Å². The zero-order valence-electron chi connectivity index (χ0n) is 20.9. The maximum absolute atomic E-state index is 13.5. The number of rotatable bonds is 10. The van der Waals surface area contributed by atoms with Crippen LogP contribution in [0.1, 0.15) is 75.6 Å². The molecule has 1 saturated carbocycles. The first-order chi connectivity index (χ1) is 17.3. The Morgan fingerprint density at radius 3 is 2.78 bits per heavy atom. The van der Waals surface area contributed by atoms with Crippen LogP contribution in [0.2, 0.25) is 0 Å². The molecule has 0 spiro atoms. The SMILES string of the molecule is CC(C)C1(C(=O)N[C@@H](CC(=O)OCC2CCCC2)C(=O)CF)CC(c2nccc3c2C=CCC3)=NO1. The van der Waals surface area contributed by atoms with Crippen LogP contribution in [-0.4, -0.2) is 53.3 Å². The molecule has 2 aliphatic carbocycles. The normalized spacial score (nSPS) is 22.1. The van der Waals surface area contributed by atoms with E-state index in [0.29, 0.717) is 17.3 Å². The van der Waals surface area contributed by atoms with Crippen LogP contribution < -0.4 is 5.32 Å². The maximum atomic E-state index is 13.5. The van der Waals surface area contributed by atoms with Crippen LogP contribution in [0.3, 0.4) is 0 Å². The Bertz CT molecular complexity index is 1060. The second-order valence-corrected chi connectivity index (χ2v) is 10.2. The minimum absolute atomic E-state index is 0.135. The quantitative estimate of drug-likeness (QED) is 0.492. The topological polar surface area (TPSA) is 107 Å². The lowest BCUT2D eigenvalue weighted by Gasteiger charge is -2.30. The molecule has 1 N–H and O–H groups in total. The minimum Gasteiger partial charge on any atom is -0.465 e. The smallest absolute Gasteiger partial charge is 0.308 e. The van der Waals surface area contributed by atoms with E-state index < -0.39 is 42.4 Å². The van der Waals surface area contributed by atoms with E-state index in [1.807, 2.05) is 26.0 Å². The lowest BCUT2D eigenvalue weighted by atomic mass is 9.83. The molecule has 1 unspecified atom stereocenters. The maximum Gasteiger partial charge on any atom is 0.308 e. The Hall–Kier alpha value is -3.10. The molecule has 0 saturated heterocycles. The largest absolute Gasteiger partial charge is 0.465 e. The highest BCUT2D eigenvalue weighted by atomic mass is 19.1. The fraction of sp³-hybridized carbons (Fsp3) is 0.593. The van der Waals surface area contributed by atoms with Gasteiger partial charge in [-0.25, -0.2) is 4.39 Å². The van der Waals surface area contributed by atoms with Crippen molar-refractivity contribution in [1.29, 1.82) is 0 Å². The zero-order chi connectivity index (χ0) is 25.7. The highest BCUT2D eigenvalue weighted by molar-refractivity contribution is 6.07. The number of fused-ring (bicyclic) bond motifs is 1. The summed E-state index contributed by atoms with van der Waals surface area (Å²) in [5.41, 5.74) is 1.89. The third-order valence-electron chi connectivity index (χ3n) is 7.44. The van der Waals surface area contributed by atoms with Gasteiger partial charge in [0.1, 0.15) is 18.4 Å². The molecule has 0 aromatic carbocycles. The van der Waals surface area contributed by atoms with Crippen LogP contribution in [0, 0.1) is 11.8 Å². The van der Waals surface area contributed by atoms with Gasteiger partial charge in [0.2, 0.25) is 5.60 Å². The van der Waals surface area contributed by atoms with Crippen LogP contribution in [0.5, 0.6) is 0 Å². The molecule has 4 rings (SSSR count). The molecule has 2 heterocycles. The summed E-state index contributed by atoms with van der Waals surface area (Å²) >= 11 is 0. The molecule has 1 aromatic rings. The number of hydrogen-bond donors (Lipinski definition) is 1. The number of esters is 1. The number of aryl methyl sites for hydroxylation is 1. The standard InChI is InChI=1S/C27H34FN3O5/c1-17(2)27(14-22(31-36-27)25-20-10-6-5-9-19(20)11-12-29-25)26(34)30-21(23(32)15-28)13-24(33)35-16-18-7-3-4-8-18/h6,10-12,17-18,21H,3-5,7-9,13-16H2,1-2H3,(H,30,34)/t21-,27?/m0/s1. The Morgan fingerprint density at radius 2 is 2.06 bits per heavy atom. The van der Waals surface area contributed by atoms with E-state index >= 15 is 0 Å². The van der Waals surface area contributed by atoms with Crippen molar-refractivity contribution in [2.24, 2.45) is 17.0 Å². The number of nitrogens with zero attached hydrogens (tertiary/aromatic N) is 2. The summed E-state index contributed by atoms with van der Waals surface area (Å²) in [7, 11) is 0. The number of aromatic nitrogens is 1. The molecule has 9 heteroatoms. The van der Waals surface area contributed by atoms with Crippen LogP contribution in [0.4, 0.5) is 4.39 Å². The van der Waals surface area contributed by atoms with E-state index in [1.54, 1.807) is 6.20 Å². The number of pyridine rings is 1. The van der Waals surface area contributed by atoms with Gasteiger partial charge in [-0.3, -0.25) is 19.4 Å². The van der Waals surface area contributed by atoms with Crippen molar-refractivity contribution in [3.8, 4) is 0 Å². The summed E-state index contributed by atoms with van der Waals surface area (Å²) in [6, 6.07) is 0.632. The van der Waals surface area contributed by atoms with Crippen LogP contribution in [0.25, 0.3) is 6.08 Å². The van der Waals surface area contributed by atoms with Gasteiger partial charge in [0, 0.05) is 24.1 Å². The van der Waals surface area contributed by atoms with Crippen LogP contribution >= 0.6 is 0 Å². The lowest BCUT2D eigenvalue weighted by molar-refractivity contribution is -0.153. The Balaban J connectivity index is 1.46. The van der Waals surface area contributed by atoms with E-state index in [2.05, 4.69) is 21.5 Å².